The molecule has 5 nitrogen and oxygen atoms in total. The molecule has 0 aliphatic carbocycles. The molecule has 2 heterocycles. The Morgan fingerprint density at radius 3 is 2.78 bits per heavy atom. The number of thiazole rings is 1. The molecule has 0 bridgehead atoms. The highest BCUT2D eigenvalue weighted by Gasteiger charge is 2.31. The molecular formula is C17H21N3O2S. The Balaban J connectivity index is 1.82. The van der Waals surface area contributed by atoms with Gasteiger partial charge in [-0.3, -0.25) is 5.32 Å². The van der Waals surface area contributed by atoms with Gasteiger partial charge in [0.05, 0.1) is 18.8 Å². The number of amides is 2. The monoisotopic (exact) mass is 331 g/mol. The van der Waals surface area contributed by atoms with Crippen LogP contribution in [0, 0.1) is 13.8 Å². The van der Waals surface area contributed by atoms with E-state index in [1.165, 1.54) is 11.3 Å². The highest BCUT2D eigenvalue weighted by atomic mass is 32.1. The summed E-state index contributed by atoms with van der Waals surface area (Å²) in [7, 11) is 0. The van der Waals surface area contributed by atoms with Crippen LogP contribution < -0.4 is 10.1 Å². The summed E-state index contributed by atoms with van der Waals surface area (Å²) in [5, 5.41) is 3.55. The van der Waals surface area contributed by atoms with Gasteiger partial charge < -0.3 is 9.64 Å². The lowest BCUT2D eigenvalue weighted by atomic mass is 10.1. The van der Waals surface area contributed by atoms with Crippen LogP contribution in [-0.4, -0.2) is 28.1 Å². The lowest BCUT2D eigenvalue weighted by Crippen LogP contribution is -2.44. The molecule has 0 saturated carbocycles. The average Bonchev–Trinajstić information content (AvgIpc) is 2.69. The summed E-state index contributed by atoms with van der Waals surface area (Å²) in [6.07, 6.45) is 0. The van der Waals surface area contributed by atoms with Gasteiger partial charge in [-0.1, -0.05) is 18.2 Å². The van der Waals surface area contributed by atoms with E-state index in [-0.39, 0.29) is 6.03 Å². The maximum absolute atomic E-state index is 12.7. The van der Waals surface area contributed by atoms with Gasteiger partial charge in [0.1, 0.15) is 11.4 Å². The number of nitrogens with one attached hydrogen (secondary N) is 1. The third kappa shape index (κ3) is 3.47. The summed E-state index contributed by atoms with van der Waals surface area (Å²) in [6, 6.07) is 7.71. The maximum Gasteiger partial charge on any atom is 0.324 e. The molecule has 2 aromatic rings. The van der Waals surface area contributed by atoms with Gasteiger partial charge in [0.2, 0.25) is 0 Å². The predicted octanol–water partition coefficient (Wildman–Crippen LogP) is 3.97. The number of aryl methyl sites for hydroxylation is 2. The van der Waals surface area contributed by atoms with E-state index < -0.39 is 5.60 Å². The quantitative estimate of drug-likeness (QED) is 0.860. The van der Waals surface area contributed by atoms with Crippen LogP contribution in [0.25, 0.3) is 0 Å². The van der Waals surface area contributed by atoms with E-state index in [9.17, 15) is 4.79 Å². The zero-order valence-corrected chi connectivity index (χ0v) is 14.7. The van der Waals surface area contributed by atoms with Crippen LogP contribution in [0.1, 0.15) is 30.0 Å². The van der Waals surface area contributed by atoms with Crippen molar-refractivity contribution in [2.24, 2.45) is 0 Å². The Labute approximate surface area is 140 Å². The van der Waals surface area contributed by atoms with Gasteiger partial charge in [-0.25, -0.2) is 9.78 Å². The molecule has 1 N–H and O–H groups in total. The molecule has 0 radical (unpaired) electrons. The number of anilines is 1. The van der Waals surface area contributed by atoms with E-state index in [2.05, 4.69) is 10.3 Å². The summed E-state index contributed by atoms with van der Waals surface area (Å²) in [5.74, 6) is 0.841. The first-order valence-electron chi connectivity index (χ1n) is 7.61. The molecule has 1 aromatic carbocycles. The minimum Gasteiger partial charge on any atom is -0.486 e. The van der Waals surface area contributed by atoms with Gasteiger partial charge in [-0.2, -0.15) is 0 Å². The number of rotatable bonds is 1. The van der Waals surface area contributed by atoms with Crippen LogP contribution in [0.15, 0.2) is 24.3 Å². The van der Waals surface area contributed by atoms with Gasteiger partial charge in [0.15, 0.2) is 5.13 Å². The van der Waals surface area contributed by atoms with Crippen molar-refractivity contribution in [3.63, 3.8) is 0 Å². The molecular weight excluding hydrogens is 310 g/mol. The van der Waals surface area contributed by atoms with E-state index in [1.807, 2.05) is 52.0 Å². The van der Waals surface area contributed by atoms with Crippen LogP contribution in [0.5, 0.6) is 5.75 Å². The van der Waals surface area contributed by atoms with Crippen LogP contribution in [0.2, 0.25) is 0 Å². The number of aromatic nitrogens is 1. The summed E-state index contributed by atoms with van der Waals surface area (Å²) in [4.78, 5) is 19.9. The van der Waals surface area contributed by atoms with Crippen molar-refractivity contribution in [2.45, 2.75) is 39.8 Å². The first kappa shape index (κ1) is 15.8. The summed E-state index contributed by atoms with van der Waals surface area (Å²) in [6.45, 7) is 8.97. The minimum atomic E-state index is -0.446. The number of urea groups is 1. The second kappa shape index (κ2) is 5.85. The Kier molecular flexibility index (Phi) is 4.02. The Morgan fingerprint density at radius 1 is 1.35 bits per heavy atom. The zero-order valence-electron chi connectivity index (χ0n) is 13.8. The van der Waals surface area contributed by atoms with Crippen molar-refractivity contribution in [1.29, 1.82) is 0 Å². The highest BCUT2D eigenvalue weighted by molar-refractivity contribution is 7.15. The van der Waals surface area contributed by atoms with E-state index in [4.69, 9.17) is 4.74 Å². The number of carbonyl (C=O) groups is 1. The molecule has 122 valence electrons. The molecule has 1 aliphatic heterocycles. The van der Waals surface area contributed by atoms with Gasteiger partial charge in [0.25, 0.3) is 0 Å². The molecule has 1 aliphatic rings. The van der Waals surface area contributed by atoms with Crippen LogP contribution in [-0.2, 0) is 6.54 Å². The normalized spacial score (nSPS) is 16.3. The Hall–Kier alpha value is -2.08. The number of nitrogens with zero attached hydrogens (tertiary/aromatic N) is 2. The Bertz CT molecular complexity index is 720. The van der Waals surface area contributed by atoms with Crippen molar-refractivity contribution in [2.75, 3.05) is 11.9 Å². The number of fused-ring (bicyclic) bond motifs is 1. The fourth-order valence-corrected chi connectivity index (χ4v) is 3.43. The average molecular weight is 331 g/mol. The maximum atomic E-state index is 12.7. The Morgan fingerprint density at radius 2 is 2.09 bits per heavy atom. The number of para-hydroxylation sites is 1. The summed E-state index contributed by atoms with van der Waals surface area (Å²) in [5.41, 5.74) is 1.52. The number of benzene rings is 1. The third-order valence-electron chi connectivity index (χ3n) is 3.82. The molecule has 0 unspecified atom stereocenters. The van der Waals surface area contributed by atoms with Crippen molar-refractivity contribution in [1.82, 2.24) is 9.88 Å². The first-order chi connectivity index (χ1) is 10.8. The van der Waals surface area contributed by atoms with Crippen LogP contribution in [0.4, 0.5) is 9.93 Å². The zero-order chi connectivity index (χ0) is 16.6. The summed E-state index contributed by atoms with van der Waals surface area (Å²) >= 11 is 1.50. The van der Waals surface area contributed by atoms with Crippen molar-refractivity contribution in [3.05, 3.63) is 40.4 Å². The van der Waals surface area contributed by atoms with Crippen molar-refractivity contribution in [3.8, 4) is 5.75 Å². The molecule has 0 atom stereocenters. The van der Waals surface area contributed by atoms with Gasteiger partial charge >= 0.3 is 6.03 Å². The van der Waals surface area contributed by atoms with E-state index in [0.717, 1.165) is 21.9 Å². The number of ether oxygens (including phenoxy) is 1. The molecule has 1 aromatic heterocycles. The standard InChI is InChI=1S/C17H21N3O2S/c1-11-12(2)23-15(18-11)19-16(21)20-9-13-7-5-6-8-14(13)22-17(3,4)10-20/h5-8H,9-10H2,1-4H3,(H,18,19,21). The number of carbonyl (C=O) groups excluding carboxylic acids is 1. The van der Waals surface area contributed by atoms with Gasteiger partial charge in [0, 0.05) is 10.4 Å². The second-order valence-electron chi connectivity index (χ2n) is 6.42. The predicted molar refractivity (Wildman–Crippen MR) is 92.2 cm³/mol. The SMILES string of the molecule is Cc1nc(NC(=O)N2Cc3ccccc3OC(C)(C)C2)sc1C. The molecule has 3 rings (SSSR count). The topological polar surface area (TPSA) is 54.5 Å². The minimum absolute atomic E-state index is 0.146. The molecule has 6 heteroatoms. The fourth-order valence-electron chi connectivity index (χ4n) is 2.63. The lowest BCUT2D eigenvalue weighted by Gasteiger charge is -2.29. The largest absolute Gasteiger partial charge is 0.486 e. The van der Waals surface area contributed by atoms with E-state index in [1.54, 1.807) is 4.90 Å². The lowest BCUT2D eigenvalue weighted by molar-refractivity contribution is 0.0835. The summed E-state index contributed by atoms with van der Waals surface area (Å²) < 4.78 is 6.06. The molecule has 23 heavy (non-hydrogen) atoms. The second-order valence-corrected chi connectivity index (χ2v) is 7.62. The van der Waals surface area contributed by atoms with Crippen LogP contribution >= 0.6 is 11.3 Å². The first-order valence-corrected chi connectivity index (χ1v) is 8.42. The van der Waals surface area contributed by atoms with E-state index >= 15 is 0 Å². The fraction of sp³-hybridized carbons (Fsp3) is 0.412. The van der Waals surface area contributed by atoms with Gasteiger partial charge in [-0.05, 0) is 33.8 Å². The molecule has 0 saturated heterocycles. The van der Waals surface area contributed by atoms with Crippen LogP contribution in [0.3, 0.4) is 0 Å². The molecule has 0 spiro atoms. The van der Waals surface area contributed by atoms with E-state index in [0.29, 0.717) is 18.2 Å². The van der Waals surface area contributed by atoms with Crippen molar-refractivity contribution >= 4 is 22.5 Å². The number of hydrogen-bond donors (Lipinski definition) is 1. The third-order valence-corrected chi connectivity index (χ3v) is 4.81. The molecule has 0 fully saturated rings. The van der Waals surface area contributed by atoms with Gasteiger partial charge in [-0.15, -0.1) is 11.3 Å². The number of hydrogen-bond acceptors (Lipinski definition) is 4. The smallest absolute Gasteiger partial charge is 0.324 e. The highest BCUT2D eigenvalue weighted by Crippen LogP contribution is 2.30. The van der Waals surface area contributed by atoms with Crippen molar-refractivity contribution < 1.29 is 9.53 Å². The molecule has 2 amide bonds.